The van der Waals surface area contributed by atoms with Gasteiger partial charge < -0.3 is 4.90 Å². The maximum atomic E-state index is 6.00. The van der Waals surface area contributed by atoms with Crippen molar-refractivity contribution in [3.63, 3.8) is 0 Å². The second-order valence-corrected chi connectivity index (χ2v) is 8.78. The lowest BCUT2D eigenvalue weighted by Crippen LogP contribution is -2.24. The largest absolute Gasteiger partial charge is 0.348 e. The van der Waals surface area contributed by atoms with E-state index < -0.39 is 0 Å². The van der Waals surface area contributed by atoms with E-state index in [1.54, 1.807) is 11.8 Å². The zero-order valence-electron chi connectivity index (χ0n) is 17.4. The fourth-order valence-corrected chi connectivity index (χ4v) is 4.24. The Hall–Kier alpha value is -2.82. The number of aryl methyl sites for hydroxylation is 1. The predicted octanol–water partition coefficient (Wildman–Crippen LogP) is 6.94. The monoisotopic (exact) mass is 445 g/mol. The number of hydrogen-bond acceptors (Lipinski definition) is 4. The first-order chi connectivity index (χ1) is 15.2. The predicted molar refractivity (Wildman–Crippen MR) is 131 cm³/mol. The molecule has 3 nitrogen and oxygen atoms in total. The van der Waals surface area contributed by atoms with Crippen LogP contribution in [-0.2, 0) is 18.8 Å². The number of thioether (sulfide) groups is 1. The van der Waals surface area contributed by atoms with E-state index in [2.05, 4.69) is 65.3 Å². The number of rotatable bonds is 8. The first-order valence-electron chi connectivity index (χ1n) is 10.2. The number of halogens is 1. The highest BCUT2D eigenvalue weighted by molar-refractivity contribution is 7.98. The van der Waals surface area contributed by atoms with Crippen molar-refractivity contribution in [2.75, 3.05) is 4.90 Å². The molecule has 4 rings (SSSR count). The molecule has 0 fully saturated rings. The molecule has 0 aliphatic heterocycles. The lowest BCUT2D eigenvalue weighted by atomic mass is 10.1. The van der Waals surface area contributed by atoms with Crippen molar-refractivity contribution in [1.82, 2.24) is 9.97 Å². The van der Waals surface area contributed by atoms with Crippen LogP contribution in [0.3, 0.4) is 0 Å². The fraction of sp³-hybridized carbons (Fsp3) is 0.154. The molecule has 4 aromatic rings. The molecule has 0 saturated heterocycles. The Labute approximate surface area is 193 Å². The van der Waals surface area contributed by atoms with Crippen molar-refractivity contribution < 1.29 is 0 Å². The van der Waals surface area contributed by atoms with E-state index in [-0.39, 0.29) is 0 Å². The molecule has 1 aromatic heterocycles. The first-order valence-corrected chi connectivity index (χ1v) is 11.6. The van der Waals surface area contributed by atoms with Gasteiger partial charge in [0, 0.05) is 35.6 Å². The fourth-order valence-electron chi connectivity index (χ4n) is 3.35. The Kier molecular flexibility index (Phi) is 7.23. The lowest BCUT2D eigenvalue weighted by Gasteiger charge is -2.26. The topological polar surface area (TPSA) is 29.0 Å². The minimum Gasteiger partial charge on any atom is -0.348 e. The quantitative estimate of drug-likeness (QED) is 0.217. The van der Waals surface area contributed by atoms with E-state index in [1.165, 1.54) is 16.7 Å². The molecule has 0 atom stereocenters. The van der Waals surface area contributed by atoms with E-state index in [0.29, 0.717) is 0 Å². The summed E-state index contributed by atoms with van der Waals surface area (Å²) in [5.41, 5.74) is 4.78. The smallest absolute Gasteiger partial charge is 0.189 e. The average Bonchev–Trinajstić information content (AvgIpc) is 2.80. The van der Waals surface area contributed by atoms with Crippen LogP contribution in [0.1, 0.15) is 22.3 Å². The van der Waals surface area contributed by atoms with Crippen LogP contribution in [0.5, 0.6) is 0 Å². The highest BCUT2D eigenvalue weighted by Gasteiger charge is 2.15. The summed E-state index contributed by atoms with van der Waals surface area (Å²) in [5, 5.41) is 1.53. The Morgan fingerprint density at radius 3 is 1.94 bits per heavy atom. The van der Waals surface area contributed by atoms with Gasteiger partial charge in [0.15, 0.2) is 5.16 Å². The normalized spacial score (nSPS) is 10.8. The third kappa shape index (κ3) is 6.09. The highest BCUT2D eigenvalue weighted by Crippen LogP contribution is 2.26. The van der Waals surface area contributed by atoms with E-state index in [4.69, 9.17) is 16.6 Å². The third-order valence-electron chi connectivity index (χ3n) is 4.94. The van der Waals surface area contributed by atoms with Gasteiger partial charge in [0.05, 0.1) is 0 Å². The summed E-state index contributed by atoms with van der Waals surface area (Å²) < 4.78 is 0. The molecular formula is C26H24ClN3S. The zero-order valence-corrected chi connectivity index (χ0v) is 19.0. The average molecular weight is 446 g/mol. The summed E-state index contributed by atoms with van der Waals surface area (Å²) in [6.45, 7) is 3.65. The van der Waals surface area contributed by atoms with Gasteiger partial charge in [0.1, 0.15) is 5.82 Å². The summed E-state index contributed by atoms with van der Waals surface area (Å²) in [4.78, 5) is 11.8. The summed E-state index contributed by atoms with van der Waals surface area (Å²) in [7, 11) is 0. The van der Waals surface area contributed by atoms with Crippen molar-refractivity contribution in [2.45, 2.75) is 30.9 Å². The van der Waals surface area contributed by atoms with Crippen LogP contribution in [-0.4, -0.2) is 9.97 Å². The molecule has 0 bridgehead atoms. The second-order valence-electron chi connectivity index (χ2n) is 7.40. The maximum Gasteiger partial charge on any atom is 0.189 e. The van der Waals surface area contributed by atoms with Gasteiger partial charge in [-0.2, -0.15) is 0 Å². The van der Waals surface area contributed by atoms with Crippen LogP contribution >= 0.6 is 23.4 Å². The molecule has 5 heteroatoms. The number of aromatic nitrogens is 2. The Morgan fingerprint density at radius 2 is 1.35 bits per heavy atom. The van der Waals surface area contributed by atoms with E-state index in [9.17, 15) is 0 Å². The summed E-state index contributed by atoms with van der Waals surface area (Å²) in [6, 6.07) is 29.0. The van der Waals surface area contributed by atoms with Gasteiger partial charge in [-0.3, -0.25) is 0 Å². The minimum atomic E-state index is 0.750. The molecular weight excluding hydrogens is 422 g/mol. The highest BCUT2D eigenvalue weighted by atomic mass is 35.5. The minimum absolute atomic E-state index is 0.750. The van der Waals surface area contributed by atoms with E-state index >= 15 is 0 Å². The molecule has 156 valence electrons. The van der Waals surface area contributed by atoms with Crippen molar-refractivity contribution >= 4 is 29.2 Å². The molecule has 31 heavy (non-hydrogen) atoms. The molecule has 0 unspecified atom stereocenters. The van der Waals surface area contributed by atoms with Crippen LogP contribution in [0.15, 0.2) is 96.3 Å². The van der Waals surface area contributed by atoms with Gasteiger partial charge >= 0.3 is 0 Å². The molecule has 0 radical (unpaired) electrons. The molecule has 0 saturated carbocycles. The third-order valence-corrected chi connectivity index (χ3v) is 6.12. The standard InChI is InChI=1S/C26H24ClN3S/c1-20-16-28-26(31-19-23-12-14-24(27)15-13-23)29-25(20)30(17-21-8-4-2-5-9-21)18-22-10-6-3-7-11-22/h2-16H,17-19H2,1H3. The first kappa shape index (κ1) is 21.4. The number of benzene rings is 3. The molecule has 3 aromatic carbocycles. The van der Waals surface area contributed by atoms with Crippen LogP contribution in [0, 0.1) is 6.92 Å². The second kappa shape index (κ2) is 10.5. The summed E-state index contributed by atoms with van der Waals surface area (Å²) in [5.74, 6) is 1.78. The number of nitrogens with zero attached hydrogens (tertiary/aromatic N) is 3. The molecule has 0 aliphatic rings. The Balaban J connectivity index is 1.58. The van der Waals surface area contributed by atoms with Crippen molar-refractivity contribution in [2.24, 2.45) is 0 Å². The molecule has 1 heterocycles. The van der Waals surface area contributed by atoms with Crippen molar-refractivity contribution in [1.29, 1.82) is 0 Å². The van der Waals surface area contributed by atoms with E-state index in [1.807, 2.05) is 42.6 Å². The van der Waals surface area contributed by atoms with Gasteiger partial charge in [-0.05, 0) is 35.7 Å². The van der Waals surface area contributed by atoms with Crippen LogP contribution < -0.4 is 4.90 Å². The van der Waals surface area contributed by atoms with Crippen molar-refractivity contribution in [3.05, 3.63) is 118 Å². The molecule has 0 N–H and O–H groups in total. The Morgan fingerprint density at radius 1 is 0.774 bits per heavy atom. The summed E-state index contributed by atoms with van der Waals surface area (Å²) >= 11 is 7.64. The maximum absolute atomic E-state index is 6.00. The van der Waals surface area contributed by atoms with Crippen LogP contribution in [0.2, 0.25) is 5.02 Å². The number of hydrogen-bond donors (Lipinski definition) is 0. The van der Waals surface area contributed by atoms with Gasteiger partial charge in [0.25, 0.3) is 0 Å². The lowest BCUT2D eigenvalue weighted by molar-refractivity contribution is 0.760. The number of anilines is 1. The van der Waals surface area contributed by atoms with Gasteiger partial charge in [-0.15, -0.1) is 0 Å². The molecule has 0 spiro atoms. The zero-order chi connectivity index (χ0) is 21.5. The van der Waals surface area contributed by atoms with Gasteiger partial charge in [-0.1, -0.05) is 96.2 Å². The van der Waals surface area contributed by atoms with Crippen molar-refractivity contribution in [3.8, 4) is 0 Å². The van der Waals surface area contributed by atoms with E-state index in [0.717, 1.165) is 40.4 Å². The van der Waals surface area contributed by atoms with Gasteiger partial charge in [0.2, 0.25) is 0 Å². The molecule has 0 amide bonds. The van der Waals surface area contributed by atoms with Crippen LogP contribution in [0.25, 0.3) is 0 Å². The molecule has 0 aliphatic carbocycles. The van der Waals surface area contributed by atoms with Crippen LogP contribution in [0.4, 0.5) is 5.82 Å². The SMILES string of the molecule is Cc1cnc(SCc2ccc(Cl)cc2)nc1N(Cc1ccccc1)Cc1ccccc1. The Bertz CT molecular complexity index is 1060. The van der Waals surface area contributed by atoms with Gasteiger partial charge in [-0.25, -0.2) is 9.97 Å². The summed E-state index contributed by atoms with van der Waals surface area (Å²) in [6.07, 6.45) is 1.93.